The first-order valence-corrected chi connectivity index (χ1v) is 27.2. The van der Waals surface area contributed by atoms with Crippen LogP contribution in [0.15, 0.2) is 134 Å². The van der Waals surface area contributed by atoms with E-state index >= 15 is 0 Å². The first-order chi connectivity index (χ1) is 35.6. The number of unbranched alkanes of at least 4 members (excludes halogenated alkanes) is 8. The van der Waals surface area contributed by atoms with Gasteiger partial charge in [-0.25, -0.2) is 4.79 Å². The molecule has 0 saturated carbocycles. The van der Waals surface area contributed by atoms with Crippen LogP contribution in [0.4, 0.5) is 0 Å². The van der Waals surface area contributed by atoms with Crippen LogP contribution in [0.2, 0.25) is 0 Å². The Morgan fingerprint density at radius 1 is 0.479 bits per heavy atom. The van der Waals surface area contributed by atoms with Gasteiger partial charge in [-0.05, 0) is 83.5 Å². The van der Waals surface area contributed by atoms with Crippen molar-refractivity contribution in [3.05, 3.63) is 134 Å². The van der Waals surface area contributed by atoms with Crippen molar-refractivity contribution in [1.82, 2.24) is 0 Å². The Balaban J connectivity index is 2.78. The minimum atomic E-state index is -1.95. The molecule has 12 nitrogen and oxygen atoms in total. The van der Waals surface area contributed by atoms with E-state index in [4.69, 9.17) is 23.7 Å². The zero-order valence-corrected chi connectivity index (χ0v) is 44.6. The molecular weight excluding hydrogens is 925 g/mol. The van der Waals surface area contributed by atoms with Crippen molar-refractivity contribution < 1.29 is 58.2 Å². The SMILES string of the molecule is CC/C=C\C/C=C\C/C=C\C/C=C\C/C=C\C/C=C\CCC(=O)OCC(COC1OC(C(=O)O)C(O)C(O)C1OC(=O)C/C=C\C/C=C\C/C=C\C/C=C\C/C=C\CC)OC(=O)CCCCCCCCCCC. The normalized spacial score (nSPS) is 19.4. The molecule has 1 rings (SSSR count). The Labute approximate surface area is 439 Å². The highest BCUT2D eigenvalue weighted by molar-refractivity contribution is 5.74. The monoisotopic (exact) mass is 1020 g/mol. The van der Waals surface area contributed by atoms with Gasteiger partial charge in [-0.15, -0.1) is 0 Å². The van der Waals surface area contributed by atoms with Crippen LogP contribution in [0.25, 0.3) is 0 Å². The number of aliphatic hydroxyl groups is 2. The number of ether oxygens (including phenoxy) is 5. The van der Waals surface area contributed by atoms with E-state index in [-0.39, 0.29) is 25.9 Å². The zero-order valence-electron chi connectivity index (χ0n) is 44.6. The topological polar surface area (TPSA) is 175 Å². The molecule has 0 spiro atoms. The standard InChI is InChI=1S/C61H92O12/c1-4-7-10-13-16-19-21-23-25-26-27-28-30-31-33-36-38-41-44-47-53(62)69-50-52(71-54(63)48-45-42-39-35-18-15-12-9-6-3)51-70-61-59(57(66)56(65)58(73-61)60(67)68)72-55(64)49-46-43-40-37-34-32-29-24-22-20-17-14-11-8-5-2/h7-8,10-11,16-17,19-20,23-25,27-29,31,33-34,37-38,41,43,46,52,56-59,61,65-66H,4-6,9,12-15,18,21-22,26,30,32,35-36,39-40,42,44-45,47-51H2,1-3H3,(H,67,68)/b10-7-,11-8-,19-16-,20-17-,25-23-,28-27-,29-24-,33-31-,37-34-,41-38-,46-43-. The largest absolute Gasteiger partial charge is 0.479 e. The Hall–Kier alpha value is -5.14. The number of carboxylic acids is 1. The molecule has 408 valence electrons. The fourth-order valence-electron chi connectivity index (χ4n) is 7.17. The lowest BCUT2D eigenvalue weighted by molar-refractivity contribution is -0.301. The molecule has 0 radical (unpaired) electrons. The Kier molecular flexibility index (Phi) is 43.2. The quantitative estimate of drug-likeness (QED) is 0.0228. The van der Waals surface area contributed by atoms with Crippen molar-refractivity contribution in [3.63, 3.8) is 0 Å². The van der Waals surface area contributed by atoms with Gasteiger partial charge in [-0.2, -0.15) is 0 Å². The molecule has 1 heterocycles. The number of carbonyl (C=O) groups is 4. The lowest BCUT2D eigenvalue weighted by Crippen LogP contribution is -2.61. The second-order valence-corrected chi connectivity index (χ2v) is 17.8. The molecule has 1 aliphatic rings. The van der Waals surface area contributed by atoms with E-state index in [0.29, 0.717) is 25.7 Å². The molecule has 0 bridgehead atoms. The van der Waals surface area contributed by atoms with Crippen molar-refractivity contribution in [1.29, 1.82) is 0 Å². The third-order valence-corrected chi connectivity index (χ3v) is 11.3. The fraction of sp³-hybridized carbons (Fsp3) is 0.574. The second kappa shape index (κ2) is 47.8. The van der Waals surface area contributed by atoms with Crippen LogP contribution in [0, 0.1) is 0 Å². The molecule has 0 aromatic heterocycles. The zero-order chi connectivity index (χ0) is 53.3. The molecule has 0 amide bonds. The summed E-state index contributed by atoms with van der Waals surface area (Å²) in [5, 5.41) is 31.3. The van der Waals surface area contributed by atoms with Gasteiger partial charge in [-0.3, -0.25) is 14.4 Å². The van der Waals surface area contributed by atoms with E-state index < -0.39 is 67.3 Å². The van der Waals surface area contributed by atoms with Crippen molar-refractivity contribution in [2.75, 3.05) is 13.2 Å². The molecule has 73 heavy (non-hydrogen) atoms. The van der Waals surface area contributed by atoms with E-state index in [1.807, 2.05) is 24.3 Å². The van der Waals surface area contributed by atoms with Crippen LogP contribution in [0.1, 0.15) is 175 Å². The highest BCUT2D eigenvalue weighted by Gasteiger charge is 2.50. The van der Waals surface area contributed by atoms with Crippen LogP contribution in [-0.4, -0.2) is 89.2 Å². The molecule has 1 aliphatic heterocycles. The van der Waals surface area contributed by atoms with Gasteiger partial charge < -0.3 is 39.0 Å². The third-order valence-electron chi connectivity index (χ3n) is 11.3. The van der Waals surface area contributed by atoms with E-state index in [1.54, 1.807) is 12.2 Å². The van der Waals surface area contributed by atoms with Gasteiger partial charge in [0.2, 0.25) is 0 Å². The third kappa shape index (κ3) is 38.2. The predicted molar refractivity (Wildman–Crippen MR) is 293 cm³/mol. The van der Waals surface area contributed by atoms with Gasteiger partial charge in [0.25, 0.3) is 0 Å². The van der Waals surface area contributed by atoms with Crippen LogP contribution in [-0.2, 0) is 42.9 Å². The summed E-state index contributed by atoms with van der Waals surface area (Å²) in [6, 6.07) is 0. The fourth-order valence-corrected chi connectivity index (χ4v) is 7.17. The van der Waals surface area contributed by atoms with Crippen molar-refractivity contribution >= 4 is 23.9 Å². The first kappa shape index (κ1) is 65.9. The summed E-state index contributed by atoms with van der Waals surface area (Å²) < 4.78 is 28.1. The first-order valence-electron chi connectivity index (χ1n) is 27.2. The maximum Gasteiger partial charge on any atom is 0.335 e. The van der Waals surface area contributed by atoms with Gasteiger partial charge in [-0.1, -0.05) is 206 Å². The number of hydrogen-bond donors (Lipinski definition) is 3. The van der Waals surface area contributed by atoms with Gasteiger partial charge in [0, 0.05) is 12.8 Å². The van der Waals surface area contributed by atoms with Crippen LogP contribution >= 0.6 is 0 Å². The minimum Gasteiger partial charge on any atom is -0.479 e. The molecular formula is C61H92O12. The number of carbonyl (C=O) groups excluding carboxylic acids is 3. The van der Waals surface area contributed by atoms with E-state index in [0.717, 1.165) is 83.5 Å². The second-order valence-electron chi connectivity index (χ2n) is 17.8. The Morgan fingerprint density at radius 3 is 1.36 bits per heavy atom. The summed E-state index contributed by atoms with van der Waals surface area (Å²) in [6.45, 7) is 5.59. The maximum absolute atomic E-state index is 13.0. The van der Waals surface area contributed by atoms with Crippen LogP contribution in [0.3, 0.4) is 0 Å². The molecule has 0 aliphatic carbocycles. The molecule has 0 aromatic carbocycles. The van der Waals surface area contributed by atoms with Gasteiger partial charge in [0.1, 0.15) is 18.8 Å². The predicted octanol–water partition coefficient (Wildman–Crippen LogP) is 13.4. The van der Waals surface area contributed by atoms with Gasteiger partial charge >= 0.3 is 23.9 Å². The lowest BCUT2D eigenvalue weighted by atomic mass is 9.98. The molecule has 1 fully saturated rings. The summed E-state index contributed by atoms with van der Waals surface area (Å²) in [7, 11) is 0. The highest BCUT2D eigenvalue weighted by atomic mass is 16.7. The molecule has 3 N–H and O–H groups in total. The minimum absolute atomic E-state index is 0.0775. The van der Waals surface area contributed by atoms with E-state index in [2.05, 4.69) is 118 Å². The molecule has 6 unspecified atom stereocenters. The highest BCUT2D eigenvalue weighted by Crippen LogP contribution is 2.26. The lowest BCUT2D eigenvalue weighted by Gasteiger charge is -2.40. The average molecular weight is 1020 g/mol. The van der Waals surface area contributed by atoms with Gasteiger partial charge in [0.05, 0.1) is 13.0 Å². The number of hydrogen-bond acceptors (Lipinski definition) is 11. The summed E-state index contributed by atoms with van der Waals surface area (Å²) in [6.07, 6.45) is 54.9. The average Bonchev–Trinajstić information content (AvgIpc) is 3.37. The molecule has 0 aromatic rings. The number of aliphatic hydroxyl groups excluding tert-OH is 2. The number of allylic oxidation sites excluding steroid dienone is 21. The van der Waals surface area contributed by atoms with Crippen LogP contribution in [0.5, 0.6) is 0 Å². The number of aliphatic carboxylic acids is 1. The van der Waals surface area contributed by atoms with Crippen LogP contribution < -0.4 is 0 Å². The molecule has 12 heteroatoms. The summed E-state index contributed by atoms with van der Waals surface area (Å²) >= 11 is 0. The number of rotatable bonds is 43. The number of esters is 3. The van der Waals surface area contributed by atoms with E-state index in [9.17, 15) is 34.5 Å². The Bertz CT molecular complexity index is 1780. The van der Waals surface area contributed by atoms with E-state index in [1.165, 1.54) is 25.7 Å². The number of carboxylic acid groups (broad SMARTS) is 1. The van der Waals surface area contributed by atoms with Crippen molar-refractivity contribution in [2.24, 2.45) is 0 Å². The van der Waals surface area contributed by atoms with Gasteiger partial charge in [0.15, 0.2) is 24.6 Å². The molecule has 1 saturated heterocycles. The summed E-state index contributed by atoms with van der Waals surface area (Å²) in [5.74, 6) is -3.42. The molecule has 6 atom stereocenters. The maximum atomic E-state index is 13.0. The van der Waals surface area contributed by atoms with Crippen molar-refractivity contribution in [3.8, 4) is 0 Å². The summed E-state index contributed by atoms with van der Waals surface area (Å²) in [4.78, 5) is 50.8. The Morgan fingerprint density at radius 2 is 0.904 bits per heavy atom. The smallest absolute Gasteiger partial charge is 0.335 e. The van der Waals surface area contributed by atoms with Crippen molar-refractivity contribution in [2.45, 2.75) is 212 Å². The summed E-state index contributed by atoms with van der Waals surface area (Å²) in [5.41, 5.74) is 0.